The molecule has 0 amide bonds. The number of ether oxygens (including phenoxy) is 1. The van der Waals surface area contributed by atoms with Gasteiger partial charge in [-0.2, -0.15) is 0 Å². The van der Waals surface area contributed by atoms with Crippen LogP contribution in [0, 0.1) is 0 Å². The molecule has 1 aromatic rings. The molecule has 3 heteroatoms. The van der Waals surface area contributed by atoms with E-state index in [-0.39, 0.29) is 5.78 Å². The smallest absolute Gasteiger partial charge is 0.233 e. The highest BCUT2D eigenvalue weighted by molar-refractivity contribution is 6.51. The Morgan fingerprint density at radius 3 is 2.56 bits per heavy atom. The van der Waals surface area contributed by atoms with Gasteiger partial charge in [0.1, 0.15) is 5.75 Å². The van der Waals surface area contributed by atoms with Gasteiger partial charge in [0.25, 0.3) is 0 Å². The predicted octanol–water partition coefficient (Wildman–Crippen LogP) is 2.25. The van der Waals surface area contributed by atoms with Gasteiger partial charge in [-0.25, -0.2) is 0 Å². The van der Waals surface area contributed by atoms with Crippen LogP contribution < -0.4 is 4.74 Å². The summed E-state index contributed by atoms with van der Waals surface area (Å²) in [6.07, 6.45) is 2.34. The van der Waals surface area contributed by atoms with E-state index in [9.17, 15) is 9.59 Å². The second-order valence-corrected chi connectivity index (χ2v) is 3.63. The highest BCUT2D eigenvalue weighted by Crippen LogP contribution is 2.26. The Hall–Kier alpha value is -1.90. The molecule has 0 unspecified atom stereocenters. The maximum Gasteiger partial charge on any atom is 0.233 e. The van der Waals surface area contributed by atoms with Gasteiger partial charge in [0, 0.05) is 11.1 Å². The number of hydrogen-bond acceptors (Lipinski definition) is 3. The number of allylic oxidation sites excluding steroid dienone is 1. The van der Waals surface area contributed by atoms with Gasteiger partial charge in [-0.15, -0.1) is 0 Å². The average molecular weight is 216 g/mol. The van der Waals surface area contributed by atoms with Crippen molar-refractivity contribution < 1.29 is 14.3 Å². The molecule has 0 bridgehead atoms. The minimum absolute atomic E-state index is 0.389. The summed E-state index contributed by atoms with van der Waals surface area (Å²) in [5, 5.41) is 0. The Bertz CT molecular complexity index is 498. The van der Waals surface area contributed by atoms with Gasteiger partial charge in [0.15, 0.2) is 0 Å². The van der Waals surface area contributed by atoms with Crippen LogP contribution in [0.5, 0.6) is 5.75 Å². The normalized spacial score (nSPS) is 14.5. The van der Waals surface area contributed by atoms with Gasteiger partial charge in [-0.05, 0) is 36.3 Å². The molecule has 0 heterocycles. The third-order valence-electron chi connectivity index (χ3n) is 2.71. The minimum atomic E-state index is -0.419. The van der Waals surface area contributed by atoms with Crippen LogP contribution in [0.4, 0.5) is 0 Å². The highest BCUT2D eigenvalue weighted by atomic mass is 16.5. The maximum atomic E-state index is 11.8. The molecule has 1 aliphatic rings. The van der Waals surface area contributed by atoms with Crippen molar-refractivity contribution in [2.24, 2.45) is 0 Å². The number of benzene rings is 1. The molecule has 0 radical (unpaired) electrons. The quantitative estimate of drug-likeness (QED) is 0.712. The second-order valence-electron chi connectivity index (χ2n) is 3.63. The van der Waals surface area contributed by atoms with Crippen LogP contribution in [0.15, 0.2) is 23.8 Å². The molecule has 0 saturated carbocycles. The zero-order chi connectivity index (χ0) is 11.7. The van der Waals surface area contributed by atoms with E-state index < -0.39 is 5.78 Å². The first-order chi connectivity index (χ1) is 7.67. The first-order valence-electron chi connectivity index (χ1n) is 5.15. The molecule has 0 aromatic heterocycles. The number of fused-ring (bicyclic) bond motifs is 1. The summed E-state index contributed by atoms with van der Waals surface area (Å²) in [5.41, 5.74) is 1.79. The number of methoxy groups -OCH3 is 1. The molecule has 0 fully saturated rings. The van der Waals surface area contributed by atoms with Gasteiger partial charge in [0.05, 0.1) is 7.11 Å². The first-order valence-corrected chi connectivity index (χ1v) is 5.15. The van der Waals surface area contributed by atoms with Gasteiger partial charge in [-0.1, -0.05) is 6.92 Å². The van der Waals surface area contributed by atoms with Crippen molar-refractivity contribution >= 4 is 17.6 Å². The molecule has 3 nitrogen and oxygen atoms in total. The number of carbonyl (C=O) groups excluding carboxylic acids is 2. The highest BCUT2D eigenvalue weighted by Gasteiger charge is 2.26. The van der Waals surface area contributed by atoms with E-state index in [1.165, 1.54) is 0 Å². The molecule has 1 aliphatic carbocycles. The number of carbonyl (C=O) groups is 2. The third-order valence-corrected chi connectivity index (χ3v) is 2.71. The first kappa shape index (κ1) is 10.6. The molecule has 1 aromatic carbocycles. The maximum absolute atomic E-state index is 11.8. The van der Waals surface area contributed by atoms with Gasteiger partial charge < -0.3 is 4.74 Å². The molecule has 82 valence electrons. The largest absolute Gasteiger partial charge is 0.497 e. The summed E-state index contributed by atoms with van der Waals surface area (Å²) in [6, 6.07) is 5.10. The third kappa shape index (κ3) is 1.54. The lowest BCUT2D eigenvalue weighted by Gasteiger charge is -2.14. The summed E-state index contributed by atoms with van der Waals surface area (Å²) in [5.74, 6) is -0.121. The van der Waals surface area contributed by atoms with Crippen molar-refractivity contribution in [3.63, 3.8) is 0 Å². The molecule has 0 saturated heterocycles. The Morgan fingerprint density at radius 1 is 1.19 bits per heavy atom. The molecule has 16 heavy (non-hydrogen) atoms. The van der Waals surface area contributed by atoms with E-state index in [0.717, 1.165) is 5.56 Å². The van der Waals surface area contributed by atoms with Crippen LogP contribution in [-0.4, -0.2) is 18.7 Å². The average Bonchev–Trinajstić information content (AvgIpc) is 2.33. The zero-order valence-electron chi connectivity index (χ0n) is 9.24. The number of ketones is 2. The Labute approximate surface area is 93.7 Å². The molecule has 2 rings (SSSR count). The van der Waals surface area contributed by atoms with E-state index >= 15 is 0 Å². The van der Waals surface area contributed by atoms with Crippen molar-refractivity contribution in [1.82, 2.24) is 0 Å². The second kappa shape index (κ2) is 3.93. The lowest BCUT2D eigenvalue weighted by atomic mass is 9.89. The summed E-state index contributed by atoms with van der Waals surface area (Å²) < 4.78 is 5.09. The molecule has 0 spiro atoms. The standard InChI is InChI=1S/C13H12O3/c1-3-8-6-9-7-10(16-2)4-5-11(9)13(15)12(8)14/h4-7H,3H2,1-2H3. The van der Waals surface area contributed by atoms with Crippen LogP contribution in [0.2, 0.25) is 0 Å². The Morgan fingerprint density at radius 2 is 1.94 bits per heavy atom. The summed E-state index contributed by atoms with van der Waals surface area (Å²) >= 11 is 0. The summed E-state index contributed by atoms with van der Waals surface area (Å²) in [7, 11) is 1.57. The van der Waals surface area contributed by atoms with Crippen molar-refractivity contribution in [2.75, 3.05) is 7.11 Å². The van der Waals surface area contributed by atoms with Crippen LogP contribution in [-0.2, 0) is 4.79 Å². The molecular weight excluding hydrogens is 204 g/mol. The van der Waals surface area contributed by atoms with Gasteiger partial charge >= 0.3 is 0 Å². The summed E-state index contributed by atoms with van der Waals surface area (Å²) in [6.45, 7) is 1.86. The number of rotatable bonds is 2. The molecular formula is C13H12O3. The fraction of sp³-hybridized carbons (Fsp3) is 0.231. The van der Waals surface area contributed by atoms with Crippen LogP contribution in [0.3, 0.4) is 0 Å². The van der Waals surface area contributed by atoms with Crippen LogP contribution in [0.1, 0.15) is 29.3 Å². The van der Waals surface area contributed by atoms with Crippen LogP contribution >= 0.6 is 0 Å². The zero-order valence-corrected chi connectivity index (χ0v) is 9.24. The van der Waals surface area contributed by atoms with Crippen molar-refractivity contribution in [3.05, 3.63) is 34.9 Å². The molecule has 0 atom stereocenters. The fourth-order valence-corrected chi connectivity index (χ4v) is 1.78. The van der Waals surface area contributed by atoms with Gasteiger partial charge in [-0.3, -0.25) is 9.59 Å². The van der Waals surface area contributed by atoms with Crippen LogP contribution in [0.25, 0.3) is 6.08 Å². The monoisotopic (exact) mass is 216 g/mol. The van der Waals surface area contributed by atoms with E-state index in [1.807, 2.05) is 6.92 Å². The SMILES string of the molecule is CCC1=Cc2cc(OC)ccc2C(=O)C1=O. The summed E-state index contributed by atoms with van der Waals surface area (Å²) in [4.78, 5) is 23.4. The topological polar surface area (TPSA) is 43.4 Å². The minimum Gasteiger partial charge on any atom is -0.497 e. The number of Topliss-reactive ketones (excluding diaryl/α,β-unsaturated/α-hetero) is 2. The predicted molar refractivity (Wildman–Crippen MR) is 60.6 cm³/mol. The molecule has 0 N–H and O–H groups in total. The Balaban J connectivity index is 2.59. The van der Waals surface area contributed by atoms with Gasteiger partial charge in [0.2, 0.25) is 11.6 Å². The lowest BCUT2D eigenvalue weighted by Crippen LogP contribution is -2.21. The number of hydrogen-bond donors (Lipinski definition) is 0. The van der Waals surface area contributed by atoms with Crippen molar-refractivity contribution in [2.45, 2.75) is 13.3 Å². The van der Waals surface area contributed by atoms with E-state index in [1.54, 1.807) is 31.4 Å². The lowest BCUT2D eigenvalue weighted by molar-refractivity contribution is -0.111. The fourth-order valence-electron chi connectivity index (χ4n) is 1.78. The van der Waals surface area contributed by atoms with E-state index in [4.69, 9.17) is 4.74 Å². The van der Waals surface area contributed by atoms with Crippen molar-refractivity contribution in [1.29, 1.82) is 0 Å². The van der Waals surface area contributed by atoms with Crippen molar-refractivity contribution in [3.8, 4) is 5.75 Å². The van der Waals surface area contributed by atoms with E-state index in [2.05, 4.69) is 0 Å². The molecule has 0 aliphatic heterocycles. The van der Waals surface area contributed by atoms with E-state index in [0.29, 0.717) is 23.3 Å². The Kier molecular flexibility index (Phi) is 2.60.